The molecule has 0 bridgehead atoms. The number of nitro benzene ring substituents is 1. The molecular formula is C10H15N3O4S2. The predicted octanol–water partition coefficient (Wildman–Crippen LogP) is 1.21. The number of thioether (sulfide) groups is 1. The predicted molar refractivity (Wildman–Crippen MR) is 75.7 cm³/mol. The van der Waals surface area contributed by atoms with Crippen molar-refractivity contribution in [3.05, 3.63) is 28.3 Å². The lowest BCUT2D eigenvalue weighted by Crippen LogP contribution is -2.34. The molecule has 1 aromatic rings. The van der Waals surface area contributed by atoms with Gasteiger partial charge in [0.1, 0.15) is 5.69 Å². The lowest BCUT2D eigenvalue weighted by molar-refractivity contribution is -0.384. The van der Waals surface area contributed by atoms with Gasteiger partial charge in [-0.2, -0.15) is 11.8 Å². The molecule has 1 rings (SSSR count). The molecule has 0 aromatic heterocycles. The molecule has 1 unspecified atom stereocenters. The number of rotatable bonds is 6. The monoisotopic (exact) mass is 305 g/mol. The molecule has 0 aliphatic rings. The third-order valence-corrected chi connectivity index (χ3v) is 4.70. The number of nitro groups is 1. The molecule has 0 spiro atoms. The number of nitrogen functional groups attached to an aromatic ring is 1. The zero-order valence-electron chi connectivity index (χ0n) is 10.5. The number of benzene rings is 1. The molecule has 0 aliphatic carbocycles. The van der Waals surface area contributed by atoms with Gasteiger partial charge in [0.2, 0.25) is 10.0 Å². The Morgan fingerprint density at radius 3 is 2.68 bits per heavy atom. The highest BCUT2D eigenvalue weighted by Crippen LogP contribution is 2.24. The Hall–Kier alpha value is -1.32. The number of nitrogens with two attached hydrogens (primary N) is 1. The first-order valence-corrected chi connectivity index (χ1v) is 8.21. The summed E-state index contributed by atoms with van der Waals surface area (Å²) in [6.07, 6.45) is 1.86. The van der Waals surface area contributed by atoms with Gasteiger partial charge in [0.25, 0.3) is 5.69 Å². The average Bonchev–Trinajstić information content (AvgIpc) is 2.28. The van der Waals surface area contributed by atoms with Crippen molar-refractivity contribution in [2.75, 3.05) is 17.7 Å². The lowest BCUT2D eigenvalue weighted by Gasteiger charge is -2.13. The second kappa shape index (κ2) is 6.22. The fraction of sp³-hybridized carbons (Fsp3) is 0.400. The van der Waals surface area contributed by atoms with E-state index >= 15 is 0 Å². The van der Waals surface area contributed by atoms with Crippen LogP contribution >= 0.6 is 11.8 Å². The topological polar surface area (TPSA) is 115 Å². The van der Waals surface area contributed by atoms with Gasteiger partial charge < -0.3 is 5.73 Å². The van der Waals surface area contributed by atoms with E-state index in [1.807, 2.05) is 6.26 Å². The van der Waals surface area contributed by atoms with E-state index in [-0.39, 0.29) is 16.6 Å². The maximum absolute atomic E-state index is 12.0. The first-order chi connectivity index (χ1) is 8.77. The molecule has 3 N–H and O–H groups in total. The van der Waals surface area contributed by atoms with E-state index < -0.39 is 20.6 Å². The minimum Gasteiger partial charge on any atom is -0.393 e. The van der Waals surface area contributed by atoms with Crippen molar-refractivity contribution < 1.29 is 13.3 Å². The number of nitrogens with one attached hydrogen (secondary N) is 1. The van der Waals surface area contributed by atoms with Crippen LogP contribution in [0, 0.1) is 10.1 Å². The smallest absolute Gasteiger partial charge is 0.293 e. The number of nitrogens with zero attached hydrogens (tertiary/aromatic N) is 1. The van der Waals surface area contributed by atoms with Gasteiger partial charge in [-0.1, -0.05) is 0 Å². The highest BCUT2D eigenvalue weighted by Gasteiger charge is 2.21. The molecule has 0 fully saturated rings. The summed E-state index contributed by atoms with van der Waals surface area (Å²) in [5.41, 5.74) is 4.94. The summed E-state index contributed by atoms with van der Waals surface area (Å²) >= 11 is 1.50. The third kappa shape index (κ3) is 4.08. The van der Waals surface area contributed by atoms with Gasteiger partial charge in [0.05, 0.1) is 9.82 Å². The largest absolute Gasteiger partial charge is 0.393 e. The zero-order chi connectivity index (χ0) is 14.6. The maximum atomic E-state index is 12.0. The quantitative estimate of drug-likeness (QED) is 0.463. The summed E-state index contributed by atoms with van der Waals surface area (Å²) < 4.78 is 26.5. The maximum Gasteiger partial charge on any atom is 0.293 e. The third-order valence-electron chi connectivity index (χ3n) is 2.28. The molecule has 19 heavy (non-hydrogen) atoms. The zero-order valence-corrected chi connectivity index (χ0v) is 12.1. The lowest BCUT2D eigenvalue weighted by atomic mass is 10.3. The van der Waals surface area contributed by atoms with Crippen molar-refractivity contribution in [3.63, 3.8) is 0 Å². The van der Waals surface area contributed by atoms with Gasteiger partial charge in [-0.05, 0) is 25.3 Å². The summed E-state index contributed by atoms with van der Waals surface area (Å²) in [5, 5.41) is 10.7. The minimum atomic E-state index is -3.78. The first kappa shape index (κ1) is 15.7. The highest BCUT2D eigenvalue weighted by molar-refractivity contribution is 7.98. The van der Waals surface area contributed by atoms with Gasteiger partial charge >= 0.3 is 0 Å². The molecule has 0 saturated heterocycles. The van der Waals surface area contributed by atoms with Gasteiger partial charge in [0.15, 0.2) is 0 Å². The fourth-order valence-electron chi connectivity index (χ4n) is 1.47. The molecule has 1 aromatic carbocycles. The van der Waals surface area contributed by atoms with Crippen molar-refractivity contribution in [3.8, 4) is 0 Å². The first-order valence-electron chi connectivity index (χ1n) is 5.33. The Bertz CT molecular complexity index is 574. The van der Waals surface area contributed by atoms with Crippen molar-refractivity contribution in [2.24, 2.45) is 0 Å². The molecule has 0 heterocycles. The Kier molecular flexibility index (Phi) is 5.15. The van der Waals surface area contributed by atoms with Crippen LogP contribution in [0.25, 0.3) is 0 Å². The molecule has 0 saturated carbocycles. The molecule has 1 atom stereocenters. The summed E-state index contributed by atoms with van der Waals surface area (Å²) in [5.74, 6) is 0.607. The molecule has 0 amide bonds. The van der Waals surface area contributed by atoms with Crippen LogP contribution < -0.4 is 10.5 Å². The second-order valence-corrected chi connectivity index (χ2v) is 6.58. The van der Waals surface area contributed by atoms with Gasteiger partial charge in [-0.25, -0.2) is 13.1 Å². The summed E-state index contributed by atoms with van der Waals surface area (Å²) in [4.78, 5) is 9.86. The van der Waals surface area contributed by atoms with E-state index in [1.165, 1.54) is 23.9 Å². The van der Waals surface area contributed by atoms with Crippen LogP contribution in [-0.4, -0.2) is 31.4 Å². The van der Waals surface area contributed by atoms with Crippen molar-refractivity contribution >= 4 is 33.2 Å². The minimum absolute atomic E-state index is 0.0684. The normalized spacial score (nSPS) is 13.2. The van der Waals surface area contributed by atoms with Crippen LogP contribution in [0.4, 0.5) is 11.4 Å². The van der Waals surface area contributed by atoms with E-state index in [4.69, 9.17) is 5.73 Å². The van der Waals surface area contributed by atoms with Crippen LogP contribution in [0.5, 0.6) is 0 Å². The molecule has 0 aliphatic heterocycles. The van der Waals surface area contributed by atoms with Crippen molar-refractivity contribution in [2.45, 2.75) is 17.9 Å². The van der Waals surface area contributed by atoms with Gasteiger partial charge in [-0.3, -0.25) is 10.1 Å². The van der Waals surface area contributed by atoms with Gasteiger partial charge in [0, 0.05) is 17.9 Å². The van der Waals surface area contributed by atoms with E-state index in [9.17, 15) is 18.5 Å². The SMILES string of the molecule is CSCC(C)NS(=O)(=O)c1ccc(N)c([N+](=O)[O-])c1. The van der Waals surface area contributed by atoms with Crippen molar-refractivity contribution in [1.29, 1.82) is 0 Å². The van der Waals surface area contributed by atoms with E-state index in [0.717, 1.165) is 6.07 Å². The van der Waals surface area contributed by atoms with E-state index in [1.54, 1.807) is 6.92 Å². The summed E-state index contributed by atoms with van der Waals surface area (Å²) in [6, 6.07) is 3.16. The van der Waals surface area contributed by atoms with Crippen LogP contribution in [0.1, 0.15) is 6.92 Å². The summed E-state index contributed by atoms with van der Waals surface area (Å²) in [7, 11) is -3.78. The van der Waals surface area contributed by atoms with Crippen LogP contribution in [0.2, 0.25) is 0 Å². The van der Waals surface area contributed by atoms with E-state index in [2.05, 4.69) is 4.72 Å². The van der Waals surface area contributed by atoms with Crippen LogP contribution in [0.15, 0.2) is 23.1 Å². The molecule has 0 radical (unpaired) electrons. The standard InChI is InChI=1S/C10H15N3O4S2/c1-7(6-18-2)12-19(16,17)8-3-4-9(11)10(5-8)13(14)15/h3-5,7,12H,6,11H2,1-2H3. The van der Waals surface area contributed by atoms with Crippen molar-refractivity contribution in [1.82, 2.24) is 4.72 Å². The Morgan fingerprint density at radius 1 is 1.53 bits per heavy atom. The average molecular weight is 305 g/mol. The Balaban J connectivity index is 3.08. The molecule has 106 valence electrons. The second-order valence-electron chi connectivity index (χ2n) is 3.96. The molecule has 9 heteroatoms. The summed E-state index contributed by atoms with van der Waals surface area (Å²) in [6.45, 7) is 1.72. The Morgan fingerprint density at radius 2 is 2.16 bits per heavy atom. The molecular weight excluding hydrogens is 290 g/mol. The number of hydrogen-bond acceptors (Lipinski definition) is 6. The highest BCUT2D eigenvalue weighted by atomic mass is 32.2. The van der Waals surface area contributed by atoms with E-state index in [0.29, 0.717) is 5.75 Å². The number of sulfonamides is 1. The number of hydrogen-bond donors (Lipinski definition) is 2. The Labute approximate surface area is 115 Å². The van der Waals surface area contributed by atoms with Gasteiger partial charge in [-0.15, -0.1) is 0 Å². The number of anilines is 1. The van der Waals surface area contributed by atoms with Crippen LogP contribution in [-0.2, 0) is 10.0 Å². The fourth-order valence-corrected chi connectivity index (χ4v) is 3.42. The molecule has 7 nitrogen and oxygen atoms in total. The van der Waals surface area contributed by atoms with Crippen LogP contribution in [0.3, 0.4) is 0 Å².